The Bertz CT molecular complexity index is 525. The van der Waals surface area contributed by atoms with Crippen molar-refractivity contribution in [3.63, 3.8) is 0 Å². The molecule has 6 heteroatoms. The molecule has 1 N–H and O–H groups in total. The third kappa shape index (κ3) is 4.03. The Hall–Kier alpha value is -1.56. The molecule has 100 valence electrons. The number of carbonyl (C=O) groups is 1. The lowest BCUT2D eigenvalue weighted by atomic mass is 10.1. The maximum atomic E-state index is 11.6. The number of rotatable bonds is 6. The molecule has 1 aromatic carbocycles. The molecule has 5 nitrogen and oxygen atoms in total. The van der Waals surface area contributed by atoms with Crippen LogP contribution in [0.4, 0.5) is 5.69 Å². The molecule has 0 aliphatic carbocycles. The molecule has 0 unspecified atom stereocenters. The van der Waals surface area contributed by atoms with Crippen LogP contribution in [0.25, 0.3) is 0 Å². The lowest BCUT2D eigenvalue weighted by molar-refractivity contribution is -0.136. The number of carboxylic acids is 1. The van der Waals surface area contributed by atoms with Crippen LogP contribution < -0.4 is 4.31 Å². The highest BCUT2D eigenvalue weighted by molar-refractivity contribution is 7.92. The van der Waals surface area contributed by atoms with Gasteiger partial charge in [-0.1, -0.05) is 12.1 Å². The minimum atomic E-state index is -3.30. The van der Waals surface area contributed by atoms with Gasteiger partial charge in [-0.2, -0.15) is 0 Å². The van der Waals surface area contributed by atoms with Crippen molar-refractivity contribution in [1.29, 1.82) is 0 Å². The SMILES string of the molecule is CCN(c1cccc(CCC(=O)O)c1)S(C)(=O)=O. The molecule has 0 heterocycles. The van der Waals surface area contributed by atoms with Crippen LogP contribution in [-0.4, -0.2) is 32.3 Å². The van der Waals surface area contributed by atoms with Gasteiger partial charge < -0.3 is 5.11 Å². The number of aryl methyl sites for hydroxylation is 1. The van der Waals surface area contributed by atoms with Crippen molar-refractivity contribution in [2.45, 2.75) is 19.8 Å². The average Bonchev–Trinajstić information content (AvgIpc) is 2.26. The predicted molar refractivity (Wildman–Crippen MR) is 70.3 cm³/mol. The Morgan fingerprint density at radius 3 is 2.56 bits per heavy atom. The molecule has 0 amide bonds. The summed E-state index contributed by atoms with van der Waals surface area (Å²) in [5, 5.41) is 8.62. The third-order valence-corrected chi connectivity index (χ3v) is 3.78. The molecule has 0 bridgehead atoms. The first-order valence-electron chi connectivity index (χ1n) is 5.63. The van der Waals surface area contributed by atoms with Crippen molar-refractivity contribution in [2.75, 3.05) is 17.1 Å². The van der Waals surface area contributed by atoms with E-state index in [4.69, 9.17) is 5.11 Å². The van der Waals surface area contributed by atoms with E-state index < -0.39 is 16.0 Å². The van der Waals surface area contributed by atoms with Gasteiger partial charge in [0.15, 0.2) is 0 Å². The van der Waals surface area contributed by atoms with E-state index in [-0.39, 0.29) is 6.42 Å². The summed E-state index contributed by atoms with van der Waals surface area (Å²) in [6.45, 7) is 2.10. The molecule has 1 aromatic rings. The fourth-order valence-corrected chi connectivity index (χ4v) is 2.69. The standard InChI is InChI=1S/C12H17NO4S/c1-3-13(18(2,16)17)11-6-4-5-10(9-11)7-8-12(14)15/h4-6,9H,3,7-8H2,1-2H3,(H,14,15). The maximum Gasteiger partial charge on any atom is 0.303 e. The fraction of sp³-hybridized carbons (Fsp3) is 0.417. The molecule has 0 aliphatic heterocycles. The van der Waals surface area contributed by atoms with E-state index >= 15 is 0 Å². The Kier molecular flexibility index (Phi) is 4.72. The molecule has 0 atom stereocenters. The van der Waals surface area contributed by atoms with Gasteiger partial charge in [-0.05, 0) is 31.0 Å². The smallest absolute Gasteiger partial charge is 0.303 e. The van der Waals surface area contributed by atoms with Gasteiger partial charge in [-0.15, -0.1) is 0 Å². The van der Waals surface area contributed by atoms with Crippen LogP contribution in [0.1, 0.15) is 18.9 Å². The highest BCUT2D eigenvalue weighted by atomic mass is 32.2. The van der Waals surface area contributed by atoms with Gasteiger partial charge in [0.1, 0.15) is 0 Å². The number of nitrogens with zero attached hydrogens (tertiary/aromatic N) is 1. The predicted octanol–water partition coefficient (Wildman–Crippen LogP) is 1.49. The monoisotopic (exact) mass is 271 g/mol. The highest BCUT2D eigenvalue weighted by Gasteiger charge is 2.15. The number of hydrogen-bond acceptors (Lipinski definition) is 3. The number of hydrogen-bond donors (Lipinski definition) is 1. The minimum Gasteiger partial charge on any atom is -0.481 e. The summed E-state index contributed by atoms with van der Waals surface area (Å²) >= 11 is 0. The Labute approximate surface area is 107 Å². The van der Waals surface area contributed by atoms with Crippen LogP contribution in [-0.2, 0) is 21.2 Å². The van der Waals surface area contributed by atoms with E-state index in [0.717, 1.165) is 11.8 Å². The Morgan fingerprint density at radius 2 is 2.06 bits per heavy atom. The first kappa shape index (κ1) is 14.5. The van der Waals surface area contributed by atoms with Gasteiger partial charge in [0, 0.05) is 13.0 Å². The lowest BCUT2D eigenvalue weighted by Crippen LogP contribution is -2.29. The summed E-state index contributed by atoms with van der Waals surface area (Å²) in [5.74, 6) is -0.865. The summed E-state index contributed by atoms with van der Waals surface area (Å²) in [7, 11) is -3.30. The van der Waals surface area contributed by atoms with E-state index in [0.29, 0.717) is 18.7 Å². The molecule has 0 spiro atoms. The number of anilines is 1. The summed E-state index contributed by atoms with van der Waals surface area (Å²) in [4.78, 5) is 10.5. The topological polar surface area (TPSA) is 74.7 Å². The quantitative estimate of drug-likeness (QED) is 0.850. The number of aliphatic carboxylic acids is 1. The van der Waals surface area contributed by atoms with E-state index in [9.17, 15) is 13.2 Å². The summed E-state index contributed by atoms with van der Waals surface area (Å²) in [6.07, 6.45) is 1.58. The van der Waals surface area contributed by atoms with Gasteiger partial charge in [-0.3, -0.25) is 9.10 Å². The average molecular weight is 271 g/mol. The Balaban J connectivity index is 2.97. The van der Waals surface area contributed by atoms with Crippen LogP contribution in [0.2, 0.25) is 0 Å². The van der Waals surface area contributed by atoms with Crippen molar-refractivity contribution < 1.29 is 18.3 Å². The molecule has 18 heavy (non-hydrogen) atoms. The van der Waals surface area contributed by atoms with E-state index in [1.807, 2.05) is 0 Å². The van der Waals surface area contributed by atoms with Crippen molar-refractivity contribution in [1.82, 2.24) is 0 Å². The fourth-order valence-electron chi connectivity index (χ4n) is 1.73. The van der Waals surface area contributed by atoms with Gasteiger partial charge in [0.25, 0.3) is 0 Å². The number of benzene rings is 1. The molecule has 0 aliphatic rings. The minimum absolute atomic E-state index is 0.0362. The van der Waals surface area contributed by atoms with Crippen LogP contribution in [0, 0.1) is 0 Å². The van der Waals surface area contributed by atoms with Crippen molar-refractivity contribution in [2.24, 2.45) is 0 Å². The zero-order chi connectivity index (χ0) is 13.8. The van der Waals surface area contributed by atoms with Crippen LogP contribution in [0.5, 0.6) is 0 Å². The molecule has 1 rings (SSSR count). The van der Waals surface area contributed by atoms with E-state index in [1.165, 1.54) is 4.31 Å². The molecular weight excluding hydrogens is 254 g/mol. The highest BCUT2D eigenvalue weighted by Crippen LogP contribution is 2.19. The first-order valence-corrected chi connectivity index (χ1v) is 7.48. The van der Waals surface area contributed by atoms with Gasteiger partial charge in [0.2, 0.25) is 10.0 Å². The number of carboxylic acid groups (broad SMARTS) is 1. The van der Waals surface area contributed by atoms with Crippen molar-refractivity contribution in [3.8, 4) is 0 Å². The largest absolute Gasteiger partial charge is 0.481 e. The number of sulfonamides is 1. The van der Waals surface area contributed by atoms with Crippen LogP contribution >= 0.6 is 0 Å². The molecule has 0 saturated heterocycles. The molecule has 0 aromatic heterocycles. The maximum absolute atomic E-state index is 11.6. The van der Waals surface area contributed by atoms with Crippen LogP contribution in [0.3, 0.4) is 0 Å². The van der Waals surface area contributed by atoms with E-state index in [2.05, 4.69) is 0 Å². The summed E-state index contributed by atoms with van der Waals surface area (Å²) in [6, 6.07) is 6.95. The van der Waals surface area contributed by atoms with E-state index in [1.54, 1.807) is 31.2 Å². The lowest BCUT2D eigenvalue weighted by Gasteiger charge is -2.20. The van der Waals surface area contributed by atoms with Gasteiger partial charge >= 0.3 is 5.97 Å². The normalized spacial score (nSPS) is 11.2. The van der Waals surface area contributed by atoms with Crippen molar-refractivity contribution in [3.05, 3.63) is 29.8 Å². The zero-order valence-corrected chi connectivity index (χ0v) is 11.3. The van der Waals surface area contributed by atoms with Gasteiger partial charge in [-0.25, -0.2) is 8.42 Å². The third-order valence-electron chi connectivity index (χ3n) is 2.51. The van der Waals surface area contributed by atoms with Gasteiger partial charge in [0.05, 0.1) is 11.9 Å². The first-order chi connectivity index (χ1) is 8.34. The molecule has 0 fully saturated rings. The summed E-state index contributed by atoms with van der Waals surface area (Å²) in [5.41, 5.74) is 1.39. The molecule has 0 saturated carbocycles. The molecule has 0 radical (unpaired) electrons. The van der Waals surface area contributed by atoms with Crippen LogP contribution in [0.15, 0.2) is 24.3 Å². The second-order valence-electron chi connectivity index (χ2n) is 3.99. The Morgan fingerprint density at radius 1 is 1.39 bits per heavy atom. The molecular formula is C12H17NO4S. The zero-order valence-electron chi connectivity index (χ0n) is 10.5. The second kappa shape index (κ2) is 5.86. The second-order valence-corrected chi connectivity index (χ2v) is 5.90. The van der Waals surface area contributed by atoms with Crippen molar-refractivity contribution >= 4 is 21.7 Å². The summed E-state index contributed by atoms with van der Waals surface area (Å²) < 4.78 is 24.4.